The van der Waals surface area contributed by atoms with Crippen LogP contribution in [0.15, 0.2) is 66.7 Å². The number of aryl methyl sites for hydroxylation is 2. The smallest absolute Gasteiger partial charge is 0.0116 e. The molecule has 0 aromatic heterocycles. The van der Waals surface area contributed by atoms with Gasteiger partial charge in [0.15, 0.2) is 0 Å². The zero-order valence-corrected chi connectivity index (χ0v) is 19.4. The molecule has 0 nitrogen and oxygen atoms in total. The summed E-state index contributed by atoms with van der Waals surface area (Å²) < 4.78 is 0. The maximum Gasteiger partial charge on any atom is -0.0116 e. The molecule has 1 unspecified atom stereocenters. The van der Waals surface area contributed by atoms with Gasteiger partial charge in [-0.25, -0.2) is 0 Å². The monoisotopic (exact) mass is 402 g/mol. The highest BCUT2D eigenvalue weighted by atomic mass is 31.1. The van der Waals surface area contributed by atoms with E-state index in [4.69, 9.17) is 0 Å². The van der Waals surface area contributed by atoms with Crippen LogP contribution >= 0.6 is 7.92 Å². The van der Waals surface area contributed by atoms with Crippen molar-refractivity contribution >= 4 is 23.8 Å². The van der Waals surface area contributed by atoms with Gasteiger partial charge in [0.2, 0.25) is 0 Å². The predicted molar refractivity (Wildman–Crippen MR) is 132 cm³/mol. The highest BCUT2D eigenvalue weighted by molar-refractivity contribution is 7.80. The Morgan fingerprint density at radius 2 is 1.21 bits per heavy atom. The standard InChI is InChI=1S/C28H35P/c1-5-13-23-20-21-28(26(15-7-3)25(23)14-6-2)29(24-17-9-8-10-18-24)27-19-12-11-16-22(27)4/h8-12,16-21H,5-7,13-15H2,1-4H3. The van der Waals surface area contributed by atoms with Crippen LogP contribution in [0.3, 0.4) is 0 Å². The van der Waals surface area contributed by atoms with Crippen molar-refractivity contribution in [1.82, 2.24) is 0 Å². The van der Waals surface area contributed by atoms with Crippen molar-refractivity contribution in [3.8, 4) is 0 Å². The fourth-order valence-corrected chi connectivity index (χ4v) is 7.02. The highest BCUT2D eigenvalue weighted by Gasteiger charge is 2.23. The lowest BCUT2D eigenvalue weighted by molar-refractivity contribution is 0.829. The predicted octanol–water partition coefficient (Wildman–Crippen LogP) is 6.61. The van der Waals surface area contributed by atoms with Crippen molar-refractivity contribution in [2.75, 3.05) is 0 Å². The Kier molecular flexibility index (Phi) is 8.08. The van der Waals surface area contributed by atoms with Crippen LogP contribution in [-0.4, -0.2) is 0 Å². The van der Waals surface area contributed by atoms with E-state index in [0.29, 0.717) is 0 Å². The first-order valence-corrected chi connectivity index (χ1v) is 12.6. The first kappa shape index (κ1) is 21.8. The molecule has 3 rings (SSSR count). The van der Waals surface area contributed by atoms with E-state index in [2.05, 4.69) is 94.4 Å². The number of benzene rings is 3. The van der Waals surface area contributed by atoms with Gasteiger partial charge in [-0.1, -0.05) is 107 Å². The van der Waals surface area contributed by atoms with E-state index >= 15 is 0 Å². The van der Waals surface area contributed by atoms with Crippen LogP contribution in [0, 0.1) is 6.92 Å². The van der Waals surface area contributed by atoms with Gasteiger partial charge in [-0.15, -0.1) is 0 Å². The Labute approximate surface area is 179 Å². The molecule has 0 saturated heterocycles. The van der Waals surface area contributed by atoms with E-state index < -0.39 is 7.92 Å². The second kappa shape index (κ2) is 10.7. The van der Waals surface area contributed by atoms with E-state index in [-0.39, 0.29) is 0 Å². The fraction of sp³-hybridized carbons (Fsp3) is 0.357. The summed E-state index contributed by atoms with van der Waals surface area (Å²) in [7, 11) is -0.548. The first-order chi connectivity index (χ1) is 14.2. The van der Waals surface area contributed by atoms with Gasteiger partial charge in [-0.2, -0.15) is 0 Å². The van der Waals surface area contributed by atoms with E-state index in [9.17, 15) is 0 Å². The average Bonchev–Trinajstić information content (AvgIpc) is 2.74. The van der Waals surface area contributed by atoms with Gasteiger partial charge < -0.3 is 0 Å². The topological polar surface area (TPSA) is 0 Å². The lowest BCUT2D eigenvalue weighted by Crippen LogP contribution is -2.26. The zero-order valence-electron chi connectivity index (χ0n) is 18.5. The Hall–Kier alpha value is -1.91. The van der Waals surface area contributed by atoms with Crippen molar-refractivity contribution in [2.45, 2.75) is 66.2 Å². The van der Waals surface area contributed by atoms with Crippen LogP contribution in [0.2, 0.25) is 0 Å². The van der Waals surface area contributed by atoms with Gasteiger partial charge in [0, 0.05) is 0 Å². The molecule has 152 valence electrons. The highest BCUT2D eigenvalue weighted by Crippen LogP contribution is 2.37. The third-order valence-corrected chi connectivity index (χ3v) is 8.33. The molecule has 0 heterocycles. The summed E-state index contributed by atoms with van der Waals surface area (Å²) in [5.74, 6) is 0. The van der Waals surface area contributed by atoms with E-state index in [1.165, 1.54) is 54.7 Å². The lowest BCUT2D eigenvalue weighted by atomic mass is 9.92. The van der Waals surface area contributed by atoms with Gasteiger partial charge in [-0.05, 0) is 72.3 Å². The summed E-state index contributed by atoms with van der Waals surface area (Å²) in [5, 5.41) is 4.53. The second-order valence-electron chi connectivity index (χ2n) is 7.91. The van der Waals surface area contributed by atoms with E-state index in [1.54, 1.807) is 22.0 Å². The van der Waals surface area contributed by atoms with Gasteiger partial charge in [-0.3, -0.25) is 0 Å². The number of rotatable bonds is 9. The van der Waals surface area contributed by atoms with Gasteiger partial charge >= 0.3 is 0 Å². The normalized spacial score (nSPS) is 12.1. The molecule has 0 bridgehead atoms. The summed E-state index contributed by atoms with van der Waals surface area (Å²) in [6, 6.07) is 25.1. The number of hydrogen-bond acceptors (Lipinski definition) is 0. The van der Waals surface area contributed by atoms with Crippen LogP contribution in [0.1, 0.15) is 62.3 Å². The minimum absolute atomic E-state index is 0.548. The molecular formula is C28H35P. The Bertz CT molecular complexity index is 911. The van der Waals surface area contributed by atoms with Crippen LogP contribution in [-0.2, 0) is 19.3 Å². The van der Waals surface area contributed by atoms with Crippen molar-refractivity contribution in [1.29, 1.82) is 0 Å². The Morgan fingerprint density at radius 1 is 0.586 bits per heavy atom. The molecule has 1 heteroatoms. The van der Waals surface area contributed by atoms with Gasteiger partial charge in [0.25, 0.3) is 0 Å². The van der Waals surface area contributed by atoms with Crippen LogP contribution in [0.25, 0.3) is 0 Å². The molecule has 0 aliphatic carbocycles. The second-order valence-corrected chi connectivity index (χ2v) is 10.1. The number of hydrogen-bond donors (Lipinski definition) is 0. The van der Waals surface area contributed by atoms with E-state index in [1.807, 2.05) is 0 Å². The van der Waals surface area contributed by atoms with Gasteiger partial charge in [0.1, 0.15) is 0 Å². The molecule has 0 N–H and O–H groups in total. The van der Waals surface area contributed by atoms with E-state index in [0.717, 1.165) is 0 Å². The van der Waals surface area contributed by atoms with Gasteiger partial charge in [0.05, 0.1) is 0 Å². The Morgan fingerprint density at radius 3 is 1.86 bits per heavy atom. The molecule has 0 radical (unpaired) electrons. The van der Waals surface area contributed by atoms with Crippen molar-refractivity contribution in [3.05, 3.63) is 89.0 Å². The molecule has 29 heavy (non-hydrogen) atoms. The molecule has 3 aromatic carbocycles. The van der Waals surface area contributed by atoms with Crippen molar-refractivity contribution < 1.29 is 0 Å². The summed E-state index contributed by atoms with van der Waals surface area (Å²) >= 11 is 0. The summed E-state index contributed by atoms with van der Waals surface area (Å²) in [6.45, 7) is 9.21. The molecule has 0 aliphatic heterocycles. The first-order valence-electron chi connectivity index (χ1n) is 11.3. The molecule has 0 amide bonds. The molecule has 1 atom stereocenters. The van der Waals surface area contributed by atoms with Crippen molar-refractivity contribution in [2.24, 2.45) is 0 Å². The largest absolute Gasteiger partial charge is 0.0651 e. The van der Waals surface area contributed by atoms with Crippen LogP contribution in [0.4, 0.5) is 0 Å². The third kappa shape index (κ3) is 4.99. The maximum absolute atomic E-state index is 2.47. The molecule has 0 fully saturated rings. The molecule has 0 aliphatic rings. The SMILES string of the molecule is CCCc1ccc(P(c2ccccc2)c2ccccc2C)c(CCC)c1CCC. The Balaban J connectivity index is 2.27. The molecule has 0 saturated carbocycles. The quantitative estimate of drug-likeness (QED) is 0.353. The maximum atomic E-state index is 2.47. The van der Waals surface area contributed by atoms with Crippen LogP contribution in [0.5, 0.6) is 0 Å². The summed E-state index contributed by atoms with van der Waals surface area (Å²) in [6.07, 6.45) is 7.20. The lowest BCUT2D eigenvalue weighted by Gasteiger charge is -2.27. The zero-order chi connectivity index (χ0) is 20.6. The van der Waals surface area contributed by atoms with Crippen LogP contribution < -0.4 is 15.9 Å². The van der Waals surface area contributed by atoms with Crippen molar-refractivity contribution in [3.63, 3.8) is 0 Å². The third-order valence-electron chi connectivity index (χ3n) is 5.63. The molecule has 0 spiro atoms. The minimum Gasteiger partial charge on any atom is -0.0651 e. The molecular weight excluding hydrogens is 367 g/mol. The minimum atomic E-state index is -0.548. The fourth-order valence-electron chi connectivity index (χ4n) is 4.33. The summed E-state index contributed by atoms with van der Waals surface area (Å²) in [4.78, 5) is 0. The summed E-state index contributed by atoms with van der Waals surface area (Å²) in [5.41, 5.74) is 6.26. The average molecular weight is 403 g/mol. The molecule has 3 aromatic rings.